The van der Waals surface area contributed by atoms with Crippen LogP contribution in [0.4, 0.5) is 5.69 Å². The van der Waals surface area contributed by atoms with Crippen LogP contribution in [0, 0.1) is 12.8 Å². The Labute approximate surface area is 161 Å². The number of rotatable bonds is 4. The molecular weight excluding hydrogens is 336 g/mol. The molecule has 3 rings (SSSR count). The van der Waals surface area contributed by atoms with Crippen LogP contribution < -0.4 is 5.32 Å². The summed E-state index contributed by atoms with van der Waals surface area (Å²) in [5.41, 5.74) is 4.11. The van der Waals surface area contributed by atoms with Crippen molar-refractivity contribution in [1.82, 2.24) is 4.90 Å². The van der Waals surface area contributed by atoms with Gasteiger partial charge < -0.3 is 10.2 Å². The Morgan fingerprint density at radius 1 is 1.15 bits per heavy atom. The zero-order valence-corrected chi connectivity index (χ0v) is 16.4. The predicted molar refractivity (Wildman–Crippen MR) is 109 cm³/mol. The highest BCUT2D eigenvalue weighted by molar-refractivity contribution is 6.06. The van der Waals surface area contributed by atoms with Gasteiger partial charge in [-0.2, -0.15) is 0 Å². The predicted octanol–water partition coefficient (Wildman–Crippen LogP) is 4.68. The van der Waals surface area contributed by atoms with Crippen LogP contribution in [0.3, 0.4) is 0 Å². The molecule has 0 spiro atoms. The average molecular weight is 364 g/mol. The smallest absolute Gasteiger partial charge is 0.255 e. The van der Waals surface area contributed by atoms with Crippen molar-refractivity contribution < 1.29 is 9.59 Å². The Morgan fingerprint density at radius 2 is 1.89 bits per heavy atom. The van der Waals surface area contributed by atoms with E-state index in [4.69, 9.17) is 0 Å². The number of carbonyl (C=O) groups excluding carboxylic acids is 2. The lowest BCUT2D eigenvalue weighted by molar-refractivity contribution is 0.0683. The van der Waals surface area contributed by atoms with Crippen LogP contribution in [0.15, 0.2) is 42.5 Å². The van der Waals surface area contributed by atoms with Crippen molar-refractivity contribution >= 4 is 17.5 Å². The van der Waals surface area contributed by atoms with E-state index >= 15 is 0 Å². The fraction of sp³-hybridized carbons (Fsp3) is 0.391. The number of piperidine rings is 1. The summed E-state index contributed by atoms with van der Waals surface area (Å²) in [7, 11) is 0. The van der Waals surface area contributed by atoms with Gasteiger partial charge in [-0.15, -0.1) is 0 Å². The number of hydrogen-bond acceptors (Lipinski definition) is 2. The van der Waals surface area contributed by atoms with Crippen molar-refractivity contribution in [2.24, 2.45) is 5.92 Å². The minimum absolute atomic E-state index is 0.0151. The quantitative estimate of drug-likeness (QED) is 0.856. The molecule has 0 aliphatic carbocycles. The van der Waals surface area contributed by atoms with Crippen molar-refractivity contribution in [3.63, 3.8) is 0 Å². The molecule has 27 heavy (non-hydrogen) atoms. The number of hydrogen-bond donors (Lipinski definition) is 1. The number of nitrogens with one attached hydrogen (secondary N) is 1. The molecule has 2 aromatic carbocycles. The van der Waals surface area contributed by atoms with E-state index in [2.05, 4.69) is 19.2 Å². The van der Waals surface area contributed by atoms with Crippen LogP contribution in [-0.2, 0) is 6.42 Å². The lowest BCUT2D eigenvalue weighted by Gasteiger charge is -2.31. The van der Waals surface area contributed by atoms with E-state index in [-0.39, 0.29) is 11.8 Å². The Kier molecular flexibility index (Phi) is 5.94. The first-order valence-electron chi connectivity index (χ1n) is 9.78. The van der Waals surface area contributed by atoms with Crippen LogP contribution in [0.5, 0.6) is 0 Å². The molecule has 1 unspecified atom stereocenters. The minimum Gasteiger partial charge on any atom is -0.338 e. The van der Waals surface area contributed by atoms with Crippen LogP contribution >= 0.6 is 0 Å². The summed E-state index contributed by atoms with van der Waals surface area (Å²) in [4.78, 5) is 27.5. The third-order valence-electron chi connectivity index (χ3n) is 5.29. The zero-order chi connectivity index (χ0) is 19.4. The summed E-state index contributed by atoms with van der Waals surface area (Å²) >= 11 is 0. The summed E-state index contributed by atoms with van der Waals surface area (Å²) in [6.07, 6.45) is 3.06. The van der Waals surface area contributed by atoms with Crippen LogP contribution in [0.25, 0.3) is 0 Å². The van der Waals surface area contributed by atoms with Crippen LogP contribution in [0.2, 0.25) is 0 Å². The van der Waals surface area contributed by atoms with Crippen LogP contribution in [0.1, 0.15) is 58.5 Å². The number of nitrogens with zero attached hydrogens (tertiary/aromatic N) is 1. The molecule has 4 nitrogen and oxygen atoms in total. The molecule has 142 valence electrons. The molecule has 1 fully saturated rings. The Morgan fingerprint density at radius 3 is 2.63 bits per heavy atom. The number of carbonyl (C=O) groups is 2. The first kappa shape index (κ1) is 19.2. The summed E-state index contributed by atoms with van der Waals surface area (Å²) in [6, 6.07) is 13.1. The molecule has 0 saturated carbocycles. The maximum Gasteiger partial charge on any atom is 0.255 e. The minimum atomic E-state index is -0.180. The highest BCUT2D eigenvalue weighted by atomic mass is 16.2. The van der Waals surface area contributed by atoms with E-state index in [1.165, 1.54) is 6.42 Å². The molecule has 1 N–H and O–H groups in total. The van der Waals surface area contributed by atoms with E-state index in [1.54, 1.807) is 24.3 Å². The highest BCUT2D eigenvalue weighted by Gasteiger charge is 2.22. The number of benzene rings is 2. The zero-order valence-electron chi connectivity index (χ0n) is 16.4. The SMILES string of the molecule is CCc1cccc(C)c1NC(=O)c1cccc(C(=O)N2CCCC(C)C2)c1. The van der Waals surface area contributed by atoms with E-state index in [1.807, 2.05) is 30.0 Å². The third-order valence-corrected chi connectivity index (χ3v) is 5.29. The van der Waals surface area contributed by atoms with E-state index < -0.39 is 0 Å². The molecule has 0 bridgehead atoms. The van der Waals surface area contributed by atoms with Gasteiger partial charge in [-0.3, -0.25) is 9.59 Å². The summed E-state index contributed by atoms with van der Waals surface area (Å²) in [5.74, 6) is 0.365. The number of anilines is 1. The Hall–Kier alpha value is -2.62. The molecule has 2 amide bonds. The molecule has 4 heteroatoms. The van der Waals surface area contributed by atoms with Crippen molar-refractivity contribution in [1.29, 1.82) is 0 Å². The Bertz CT molecular complexity index is 844. The van der Waals surface area contributed by atoms with Gasteiger partial charge >= 0.3 is 0 Å². The van der Waals surface area contributed by atoms with E-state index in [0.29, 0.717) is 17.0 Å². The molecule has 0 radical (unpaired) electrons. The highest BCUT2D eigenvalue weighted by Crippen LogP contribution is 2.23. The van der Waals surface area contributed by atoms with Crippen LogP contribution in [-0.4, -0.2) is 29.8 Å². The van der Waals surface area contributed by atoms with Gasteiger partial charge in [0.25, 0.3) is 11.8 Å². The van der Waals surface area contributed by atoms with Gasteiger partial charge in [-0.05, 0) is 61.4 Å². The molecule has 1 saturated heterocycles. The summed E-state index contributed by atoms with van der Waals surface area (Å²) in [5, 5.41) is 3.03. The first-order chi connectivity index (χ1) is 13.0. The molecule has 1 atom stereocenters. The van der Waals surface area contributed by atoms with E-state index in [0.717, 1.165) is 42.7 Å². The molecule has 1 aliphatic rings. The maximum atomic E-state index is 12.8. The van der Waals surface area contributed by atoms with Gasteiger partial charge in [0.1, 0.15) is 0 Å². The molecule has 0 aromatic heterocycles. The van der Waals surface area contributed by atoms with Gasteiger partial charge in [-0.25, -0.2) is 0 Å². The molecule has 2 aromatic rings. The lowest BCUT2D eigenvalue weighted by atomic mass is 9.99. The number of amides is 2. The Balaban J connectivity index is 1.79. The molecule has 1 heterocycles. The molecule has 1 aliphatic heterocycles. The lowest BCUT2D eigenvalue weighted by Crippen LogP contribution is -2.39. The monoisotopic (exact) mass is 364 g/mol. The number of aryl methyl sites for hydroxylation is 2. The summed E-state index contributed by atoms with van der Waals surface area (Å²) < 4.78 is 0. The van der Waals surface area contributed by atoms with Gasteiger partial charge in [0.2, 0.25) is 0 Å². The largest absolute Gasteiger partial charge is 0.338 e. The fourth-order valence-corrected chi connectivity index (χ4v) is 3.74. The van der Waals surface area contributed by atoms with E-state index in [9.17, 15) is 9.59 Å². The van der Waals surface area contributed by atoms with Gasteiger partial charge in [0.15, 0.2) is 0 Å². The second-order valence-corrected chi connectivity index (χ2v) is 7.50. The second-order valence-electron chi connectivity index (χ2n) is 7.50. The van der Waals surface area contributed by atoms with Crippen molar-refractivity contribution in [3.05, 3.63) is 64.7 Å². The fourth-order valence-electron chi connectivity index (χ4n) is 3.74. The topological polar surface area (TPSA) is 49.4 Å². The summed E-state index contributed by atoms with van der Waals surface area (Å²) in [6.45, 7) is 7.83. The van der Waals surface area contributed by atoms with Gasteiger partial charge in [-0.1, -0.05) is 38.1 Å². The van der Waals surface area contributed by atoms with Gasteiger partial charge in [0, 0.05) is 29.9 Å². The number of para-hydroxylation sites is 1. The standard InChI is InChI=1S/C23H28N2O2/c1-4-18-10-5-9-17(3)21(18)24-22(26)19-11-6-12-20(14-19)23(27)25-13-7-8-16(2)15-25/h5-6,9-12,14,16H,4,7-8,13,15H2,1-3H3,(H,24,26). The van der Waals surface area contributed by atoms with Crippen molar-refractivity contribution in [3.8, 4) is 0 Å². The second kappa shape index (κ2) is 8.38. The molecular formula is C23H28N2O2. The van der Waals surface area contributed by atoms with Gasteiger partial charge in [0.05, 0.1) is 0 Å². The number of likely N-dealkylation sites (tertiary alicyclic amines) is 1. The average Bonchev–Trinajstić information content (AvgIpc) is 2.69. The van der Waals surface area contributed by atoms with Crippen molar-refractivity contribution in [2.75, 3.05) is 18.4 Å². The first-order valence-corrected chi connectivity index (χ1v) is 9.78. The maximum absolute atomic E-state index is 12.8. The third kappa shape index (κ3) is 4.38. The normalized spacial score (nSPS) is 16.9. The van der Waals surface area contributed by atoms with Crippen molar-refractivity contribution in [2.45, 2.75) is 40.0 Å².